The van der Waals surface area contributed by atoms with E-state index in [9.17, 15) is 57.5 Å². The monoisotopic (exact) mass is 1560 g/mol. The Morgan fingerprint density at radius 1 is 0.664 bits per heavy atom. The third-order valence-corrected chi connectivity index (χ3v) is 20.9. The van der Waals surface area contributed by atoms with Gasteiger partial charge >= 0.3 is 6.09 Å². The summed E-state index contributed by atoms with van der Waals surface area (Å²) >= 11 is 1.46. The third kappa shape index (κ3) is 28.3. The van der Waals surface area contributed by atoms with E-state index in [2.05, 4.69) is 41.8 Å². The van der Waals surface area contributed by atoms with Crippen LogP contribution in [0.5, 0.6) is 0 Å². The lowest BCUT2D eigenvalue weighted by molar-refractivity contribution is -0.146. The minimum absolute atomic E-state index is 0.0338. The second kappa shape index (κ2) is 46.9. The number of hydrogen-bond acceptors (Lipinski definition) is 22. The molecule has 1 unspecified atom stereocenters. The Kier molecular flexibility index (Phi) is 38.5. The Bertz CT molecular complexity index is 3420. The van der Waals surface area contributed by atoms with Gasteiger partial charge in [-0.25, -0.2) is 9.78 Å². The number of piperazine rings is 1. The van der Waals surface area contributed by atoms with Gasteiger partial charge in [0.1, 0.15) is 17.1 Å². The number of ether oxygens (including phenoxy) is 7. The van der Waals surface area contributed by atoms with Crippen LogP contribution in [-0.4, -0.2) is 289 Å². The molecule has 32 nitrogen and oxygen atoms in total. The predicted molar refractivity (Wildman–Crippen MR) is 408 cm³/mol. The summed E-state index contributed by atoms with van der Waals surface area (Å²) < 4.78 is 40.2. The van der Waals surface area contributed by atoms with E-state index in [1.54, 1.807) is 64.8 Å². The van der Waals surface area contributed by atoms with Crippen molar-refractivity contribution in [2.24, 2.45) is 23.7 Å². The van der Waals surface area contributed by atoms with Crippen molar-refractivity contribution < 1.29 is 90.7 Å². The molecule has 3 fully saturated rings. The number of methoxy groups -OCH3 is 2. The number of imide groups is 1. The van der Waals surface area contributed by atoms with E-state index in [0.717, 1.165) is 20.4 Å². The lowest BCUT2D eigenvalue weighted by atomic mass is 9.90. The van der Waals surface area contributed by atoms with Crippen molar-refractivity contribution in [2.45, 2.75) is 155 Å². The first-order valence-corrected chi connectivity index (χ1v) is 39.0. The number of likely N-dealkylation sites (N-methyl/N-ethyl adjacent to an activating group) is 3. The maximum absolute atomic E-state index is 14.6. The maximum Gasteiger partial charge on any atom is 0.411 e. The van der Waals surface area contributed by atoms with Crippen LogP contribution in [0.1, 0.15) is 128 Å². The SMILES string of the molecule is CC[C@H](C)[C@@H]([C@@H](CC(=O)N1CCC[C@H]1[C@H](OC)[C@@H](C)C(=O)N[C@@H](Cc1ccccc1)c1nccs1)OC)N(C)C(=O)CNC(=O)[C@H](C(C)C)N(C)C(=O)OC(C(=O)N1CCN(C)CC1)c1ccc(NC(=O)CNC(=O)[C@@H](NC(=O)CCOCCOCCOCCOCCNC(=O)CCN2C(=O)CCC2=O)C(C)C)cc1. The first-order chi connectivity index (χ1) is 52.7. The molecule has 33 heteroatoms. The summed E-state index contributed by atoms with van der Waals surface area (Å²) in [7, 11) is 7.95. The van der Waals surface area contributed by atoms with Crippen molar-refractivity contribution in [1.29, 1.82) is 0 Å². The molecule has 10 atom stereocenters. The summed E-state index contributed by atoms with van der Waals surface area (Å²) in [5.74, 6) is -6.22. The number of nitrogens with zero attached hydrogens (tertiary/aromatic N) is 7. The molecular weight excluding hydrogens is 1440 g/mol. The summed E-state index contributed by atoms with van der Waals surface area (Å²) in [6.07, 6.45) is 0.523. The lowest BCUT2D eigenvalue weighted by Gasteiger charge is -2.39. The average Bonchev–Trinajstić information content (AvgIpc) is 1.75. The van der Waals surface area contributed by atoms with Crippen molar-refractivity contribution in [3.63, 3.8) is 0 Å². The third-order valence-electron chi connectivity index (χ3n) is 20.0. The van der Waals surface area contributed by atoms with Crippen molar-refractivity contribution in [3.8, 4) is 0 Å². The summed E-state index contributed by atoms with van der Waals surface area (Å²) in [6.45, 7) is 16.3. The van der Waals surface area contributed by atoms with Gasteiger partial charge in [-0.15, -0.1) is 11.3 Å². The molecular formula is C77H117N13O19S. The zero-order valence-corrected chi connectivity index (χ0v) is 66.8. The van der Waals surface area contributed by atoms with E-state index in [0.29, 0.717) is 84.8 Å². The molecule has 0 aliphatic carbocycles. The maximum atomic E-state index is 14.6. The highest BCUT2D eigenvalue weighted by Gasteiger charge is 2.44. The molecule has 0 spiro atoms. The van der Waals surface area contributed by atoms with Crippen LogP contribution >= 0.6 is 11.3 Å². The van der Waals surface area contributed by atoms with Crippen LogP contribution in [-0.2, 0) is 92.3 Å². The minimum Gasteiger partial charge on any atom is -0.431 e. The Hall–Kier alpha value is -8.57. The highest BCUT2D eigenvalue weighted by atomic mass is 32.1. The van der Waals surface area contributed by atoms with Gasteiger partial charge in [0.25, 0.3) is 5.91 Å². The van der Waals surface area contributed by atoms with Crippen LogP contribution in [0.25, 0.3) is 0 Å². The highest BCUT2D eigenvalue weighted by molar-refractivity contribution is 7.09. The molecule has 3 aliphatic rings. The predicted octanol–water partition coefficient (Wildman–Crippen LogP) is 3.50. The first-order valence-electron chi connectivity index (χ1n) is 38.1. The van der Waals surface area contributed by atoms with Crippen molar-refractivity contribution in [3.05, 3.63) is 82.3 Å². The molecule has 2 aromatic carbocycles. The molecule has 110 heavy (non-hydrogen) atoms. The van der Waals surface area contributed by atoms with Crippen LogP contribution in [0, 0.1) is 23.7 Å². The lowest BCUT2D eigenvalue weighted by Crippen LogP contribution is -2.56. The van der Waals surface area contributed by atoms with E-state index >= 15 is 0 Å². The zero-order chi connectivity index (χ0) is 80.4. The standard InChI is InChI=1S/C77H117N13O19S/c1-13-52(6)69(59(103-11)47-65(96)89-31-17-20-58(89)70(104-12)53(7)72(98)83-57(75-79-30-45-110-75)46-54-18-15-14-16-19-54)86(9)66(97)49-81-74(100)68(51(4)5)87(10)77(102)109-71(76(101)88-35-33-85(8)34-36-88)55-21-23-56(24-22-55)82-62(93)48-80-73(99)67(50(2)3)84-61(92)28-37-105-39-41-107-43-44-108-42-40-106-38-29-78-60(91)27-32-90-63(94)25-26-64(90)95/h14-16,18-19,21-24,30,45,50-53,57-59,67-71H,13,17,20,25-29,31-44,46-49H2,1-12H3,(H,78,91)(H,80,99)(H,81,100)(H,82,93)(H,83,98)(H,84,92)/t52-,53+,57-,58-,59+,67-,68-,69-,70+,71?/m0/s1. The van der Waals surface area contributed by atoms with Crippen LogP contribution in [0.3, 0.4) is 0 Å². The molecule has 0 bridgehead atoms. The second-order valence-electron chi connectivity index (χ2n) is 28.6. The number of thiazole rings is 1. The van der Waals surface area contributed by atoms with Gasteiger partial charge in [0.2, 0.25) is 65.2 Å². The number of amides is 12. The van der Waals surface area contributed by atoms with Gasteiger partial charge in [-0.05, 0) is 61.8 Å². The van der Waals surface area contributed by atoms with Gasteiger partial charge in [0, 0.05) is 123 Å². The molecule has 0 saturated carbocycles. The summed E-state index contributed by atoms with van der Waals surface area (Å²) in [5, 5.41) is 19.3. The number of carbonyl (C=O) groups excluding carboxylic acids is 12. The molecule has 3 aliphatic heterocycles. The highest BCUT2D eigenvalue weighted by Crippen LogP contribution is 2.32. The van der Waals surface area contributed by atoms with Gasteiger partial charge in [-0.2, -0.15) is 0 Å². The molecule has 4 heterocycles. The van der Waals surface area contributed by atoms with Crippen molar-refractivity contribution in [1.82, 2.24) is 61.0 Å². The molecule has 0 radical (unpaired) electrons. The number of hydrogen-bond donors (Lipinski definition) is 6. The Morgan fingerprint density at radius 3 is 1.88 bits per heavy atom. The first kappa shape index (κ1) is 90.3. The van der Waals surface area contributed by atoms with E-state index in [1.165, 1.54) is 54.7 Å². The number of anilines is 1. The number of rotatable bonds is 47. The van der Waals surface area contributed by atoms with E-state index < -0.39 is 109 Å². The summed E-state index contributed by atoms with van der Waals surface area (Å²) in [5.41, 5.74) is 1.60. The smallest absolute Gasteiger partial charge is 0.411 e. The number of nitrogens with one attached hydrogen (secondary N) is 6. The van der Waals surface area contributed by atoms with Crippen LogP contribution in [0.15, 0.2) is 66.2 Å². The van der Waals surface area contributed by atoms with Crippen LogP contribution in [0.2, 0.25) is 0 Å². The van der Waals surface area contributed by atoms with Gasteiger partial charge < -0.3 is 84.7 Å². The summed E-state index contributed by atoms with van der Waals surface area (Å²) in [6, 6.07) is 12.3. The van der Waals surface area contributed by atoms with E-state index in [-0.39, 0.29) is 130 Å². The normalized spacial score (nSPS) is 17.1. The molecule has 610 valence electrons. The Morgan fingerprint density at radius 2 is 1.29 bits per heavy atom. The number of likely N-dealkylation sites (tertiary alicyclic amines) is 2. The largest absolute Gasteiger partial charge is 0.431 e. The fraction of sp³-hybridized carbons (Fsp3) is 0.649. The minimum atomic E-state index is -1.49. The summed E-state index contributed by atoms with van der Waals surface area (Å²) in [4.78, 5) is 175. The molecule has 6 N–H and O–H groups in total. The second-order valence-corrected chi connectivity index (χ2v) is 29.5. The Balaban J connectivity index is 0.944. The zero-order valence-electron chi connectivity index (χ0n) is 66.0. The topological polar surface area (TPSA) is 374 Å². The quantitative estimate of drug-likeness (QED) is 0.0348. The fourth-order valence-corrected chi connectivity index (χ4v) is 14.2. The molecule has 3 saturated heterocycles. The molecule has 12 amide bonds. The average molecular weight is 1560 g/mol. The number of carbonyl (C=O) groups is 12. The number of aromatic nitrogens is 1. The van der Waals surface area contributed by atoms with E-state index in [1.807, 2.05) is 56.6 Å². The van der Waals surface area contributed by atoms with Gasteiger partial charge in [0.05, 0.1) is 109 Å². The van der Waals surface area contributed by atoms with Crippen molar-refractivity contribution >= 4 is 88.1 Å². The van der Waals surface area contributed by atoms with Gasteiger partial charge in [-0.1, -0.05) is 97.4 Å². The molecule has 1 aromatic heterocycles. The van der Waals surface area contributed by atoms with Crippen LogP contribution < -0.4 is 31.9 Å². The van der Waals surface area contributed by atoms with Crippen molar-refractivity contribution in [2.75, 3.05) is 152 Å². The number of benzene rings is 2. The Labute approximate surface area is 650 Å². The fourth-order valence-electron chi connectivity index (χ4n) is 13.5. The molecule has 3 aromatic rings. The van der Waals surface area contributed by atoms with E-state index in [4.69, 9.17) is 33.2 Å². The van der Waals surface area contributed by atoms with Gasteiger partial charge in [-0.3, -0.25) is 62.5 Å². The van der Waals surface area contributed by atoms with Crippen LogP contribution in [0.4, 0.5) is 10.5 Å². The molecule has 6 rings (SSSR count). The van der Waals surface area contributed by atoms with Gasteiger partial charge in [0.15, 0.2) is 0 Å².